The maximum Gasteiger partial charge on any atom is 0.436 e. The van der Waals surface area contributed by atoms with Crippen LogP contribution in [0.15, 0.2) is 18.3 Å². The Morgan fingerprint density at radius 3 is 2.08 bits per heavy atom. The van der Waals surface area contributed by atoms with Crippen LogP contribution in [-0.2, 0) is 17.1 Å². The number of esters is 1. The van der Waals surface area contributed by atoms with E-state index in [0.717, 1.165) is 0 Å². The minimum absolute atomic E-state index is 0.191. The number of halogens is 8. The number of carbonyl (C=O) groups excluding carboxylic acids is 1. The summed E-state index contributed by atoms with van der Waals surface area (Å²) in [5.74, 6) is -1.30. The molecule has 1 aromatic carbocycles. The quantitative estimate of drug-likeness (QED) is 0.493. The first kappa shape index (κ1) is 20.4. The first-order valence-corrected chi connectivity index (χ1v) is 7.52. The van der Waals surface area contributed by atoms with E-state index in [1.807, 2.05) is 0 Å². The molecule has 0 N–H and O–H groups in total. The van der Waals surface area contributed by atoms with E-state index in [9.17, 15) is 31.1 Å². The van der Waals surface area contributed by atoms with Crippen LogP contribution in [0.4, 0.5) is 26.3 Å². The monoisotopic (exact) mass is 420 g/mol. The molecule has 0 aliphatic rings. The Labute approximate surface area is 152 Å². The van der Waals surface area contributed by atoms with Gasteiger partial charge in [-0.25, -0.2) is 9.48 Å². The minimum Gasteiger partial charge on any atom is -0.462 e. The summed E-state index contributed by atoms with van der Waals surface area (Å²) in [4.78, 5) is 11.7. The van der Waals surface area contributed by atoms with E-state index < -0.39 is 50.9 Å². The fourth-order valence-corrected chi connectivity index (χ4v) is 2.66. The van der Waals surface area contributed by atoms with Gasteiger partial charge in [-0.2, -0.15) is 31.4 Å². The van der Waals surface area contributed by atoms with Crippen LogP contribution in [0.3, 0.4) is 0 Å². The van der Waals surface area contributed by atoms with E-state index in [2.05, 4.69) is 9.84 Å². The molecule has 0 saturated carbocycles. The van der Waals surface area contributed by atoms with Gasteiger partial charge >= 0.3 is 18.3 Å². The van der Waals surface area contributed by atoms with E-state index in [0.29, 0.717) is 23.0 Å². The molecule has 0 unspecified atom stereocenters. The van der Waals surface area contributed by atoms with Gasteiger partial charge < -0.3 is 4.74 Å². The lowest BCUT2D eigenvalue weighted by Gasteiger charge is -2.12. The van der Waals surface area contributed by atoms with Crippen molar-refractivity contribution < 1.29 is 35.9 Å². The molecule has 0 saturated heterocycles. The number of nitrogens with zero attached hydrogens (tertiary/aromatic N) is 2. The van der Waals surface area contributed by atoms with Crippen LogP contribution in [0.1, 0.15) is 28.5 Å². The molecule has 0 fully saturated rings. The highest BCUT2D eigenvalue weighted by atomic mass is 35.5. The standard InChI is InChI=1S/C14H8Cl2F6N2O2/c1-2-26-12(25)7-5-24(23-11(7)14(20,21)22)10-8(15)3-6(4-9(10)16)13(17,18)19/h3-5H,2H2,1H3. The number of benzene rings is 1. The lowest BCUT2D eigenvalue weighted by molar-refractivity contribution is -0.142. The van der Waals surface area contributed by atoms with Crippen LogP contribution in [0.2, 0.25) is 10.0 Å². The number of hydrogen-bond donors (Lipinski definition) is 0. The minimum atomic E-state index is -5.02. The van der Waals surface area contributed by atoms with Crippen molar-refractivity contribution in [2.75, 3.05) is 6.61 Å². The van der Waals surface area contributed by atoms with E-state index in [1.54, 1.807) is 0 Å². The number of alkyl halides is 6. The van der Waals surface area contributed by atoms with Crippen LogP contribution in [0, 0.1) is 0 Å². The smallest absolute Gasteiger partial charge is 0.436 e. The van der Waals surface area contributed by atoms with Gasteiger partial charge in [0.25, 0.3) is 0 Å². The summed E-state index contributed by atoms with van der Waals surface area (Å²) in [7, 11) is 0. The van der Waals surface area contributed by atoms with Crippen molar-refractivity contribution in [3.63, 3.8) is 0 Å². The van der Waals surface area contributed by atoms with Gasteiger partial charge in [0, 0.05) is 6.20 Å². The van der Waals surface area contributed by atoms with E-state index in [4.69, 9.17) is 23.2 Å². The highest BCUT2D eigenvalue weighted by Crippen LogP contribution is 2.38. The normalized spacial score (nSPS) is 12.3. The van der Waals surface area contributed by atoms with E-state index in [-0.39, 0.29) is 6.61 Å². The zero-order valence-corrected chi connectivity index (χ0v) is 14.2. The summed E-state index contributed by atoms with van der Waals surface area (Å²) in [5.41, 5.74) is -4.14. The van der Waals surface area contributed by atoms with Crippen molar-refractivity contribution in [1.29, 1.82) is 0 Å². The zero-order chi connectivity index (χ0) is 19.9. The van der Waals surface area contributed by atoms with E-state index in [1.165, 1.54) is 6.92 Å². The Balaban J connectivity index is 2.65. The van der Waals surface area contributed by atoms with Crippen LogP contribution in [0.5, 0.6) is 0 Å². The number of carbonyl (C=O) groups is 1. The molecular weight excluding hydrogens is 413 g/mol. The molecule has 0 bridgehead atoms. The maximum absolute atomic E-state index is 13.1. The molecule has 0 radical (unpaired) electrons. The molecule has 2 rings (SSSR count). The van der Waals surface area contributed by atoms with Crippen molar-refractivity contribution >= 4 is 29.2 Å². The van der Waals surface area contributed by atoms with Crippen LogP contribution in [-0.4, -0.2) is 22.4 Å². The van der Waals surface area contributed by atoms with Crippen LogP contribution < -0.4 is 0 Å². The van der Waals surface area contributed by atoms with Crippen LogP contribution >= 0.6 is 23.2 Å². The largest absolute Gasteiger partial charge is 0.462 e. The van der Waals surface area contributed by atoms with Gasteiger partial charge in [0.2, 0.25) is 0 Å². The maximum atomic E-state index is 13.1. The summed E-state index contributed by atoms with van der Waals surface area (Å²) >= 11 is 11.5. The molecule has 2 aromatic rings. The predicted octanol–water partition coefficient (Wildman–Crippen LogP) is 5.39. The van der Waals surface area contributed by atoms with E-state index >= 15 is 0 Å². The Morgan fingerprint density at radius 1 is 1.12 bits per heavy atom. The summed E-state index contributed by atoms with van der Waals surface area (Å²) in [5, 5.41) is 2.01. The Bertz CT molecular complexity index is 822. The van der Waals surface area contributed by atoms with Gasteiger partial charge in [-0.1, -0.05) is 23.2 Å². The average molecular weight is 421 g/mol. The molecule has 26 heavy (non-hydrogen) atoms. The molecule has 4 nitrogen and oxygen atoms in total. The second-order valence-corrected chi connectivity index (χ2v) is 5.65. The fourth-order valence-electron chi connectivity index (χ4n) is 2.00. The van der Waals surface area contributed by atoms with Crippen molar-refractivity contribution in [3.8, 4) is 5.69 Å². The topological polar surface area (TPSA) is 44.1 Å². The Morgan fingerprint density at radius 2 is 1.65 bits per heavy atom. The van der Waals surface area contributed by atoms with Crippen molar-refractivity contribution in [2.45, 2.75) is 19.3 Å². The Kier molecular flexibility index (Phi) is 5.48. The average Bonchev–Trinajstić information content (AvgIpc) is 2.91. The molecule has 0 amide bonds. The molecule has 1 heterocycles. The first-order valence-electron chi connectivity index (χ1n) is 6.76. The third-order valence-electron chi connectivity index (χ3n) is 3.05. The van der Waals surface area contributed by atoms with Crippen molar-refractivity contribution in [2.24, 2.45) is 0 Å². The number of ether oxygens (including phenoxy) is 1. The summed E-state index contributed by atoms with van der Waals surface area (Å²) in [6.45, 7) is 1.20. The van der Waals surface area contributed by atoms with Gasteiger partial charge in [0.15, 0.2) is 5.69 Å². The SMILES string of the molecule is CCOC(=O)c1cn(-c2c(Cl)cc(C(F)(F)F)cc2Cl)nc1C(F)(F)F. The number of aromatic nitrogens is 2. The summed E-state index contributed by atoms with van der Waals surface area (Å²) in [6, 6.07) is 0.976. The lowest BCUT2D eigenvalue weighted by atomic mass is 10.2. The summed E-state index contributed by atoms with van der Waals surface area (Å²) < 4.78 is 82.6. The molecule has 0 spiro atoms. The second kappa shape index (κ2) is 6.99. The zero-order valence-electron chi connectivity index (χ0n) is 12.7. The molecule has 0 atom stereocenters. The lowest BCUT2D eigenvalue weighted by Crippen LogP contribution is -2.14. The van der Waals surface area contributed by atoms with Gasteiger partial charge in [-0.15, -0.1) is 0 Å². The van der Waals surface area contributed by atoms with Gasteiger partial charge in [-0.05, 0) is 19.1 Å². The highest BCUT2D eigenvalue weighted by Gasteiger charge is 2.40. The molecule has 0 aliphatic carbocycles. The Hall–Kier alpha value is -1.94. The summed E-state index contributed by atoms with van der Waals surface area (Å²) in [6.07, 6.45) is -9.14. The molecule has 1 aromatic heterocycles. The van der Waals surface area contributed by atoms with Gasteiger partial charge in [0.1, 0.15) is 11.3 Å². The third-order valence-corrected chi connectivity index (χ3v) is 3.63. The number of hydrogen-bond acceptors (Lipinski definition) is 3. The van der Waals surface area contributed by atoms with Crippen molar-refractivity contribution in [3.05, 3.63) is 45.2 Å². The molecular formula is C14H8Cl2F6N2O2. The number of rotatable bonds is 3. The fraction of sp³-hybridized carbons (Fsp3) is 0.286. The van der Waals surface area contributed by atoms with Crippen LogP contribution in [0.25, 0.3) is 5.69 Å². The molecule has 142 valence electrons. The molecule has 12 heteroatoms. The first-order chi connectivity index (χ1) is 11.9. The predicted molar refractivity (Wildman–Crippen MR) is 79.5 cm³/mol. The second-order valence-electron chi connectivity index (χ2n) is 4.84. The van der Waals surface area contributed by atoms with Gasteiger partial charge in [-0.3, -0.25) is 0 Å². The molecule has 0 aliphatic heterocycles. The van der Waals surface area contributed by atoms with Crippen molar-refractivity contribution in [1.82, 2.24) is 9.78 Å². The highest BCUT2D eigenvalue weighted by molar-refractivity contribution is 6.37. The third kappa shape index (κ3) is 4.07. The van der Waals surface area contributed by atoms with Gasteiger partial charge in [0.05, 0.1) is 22.2 Å².